The van der Waals surface area contributed by atoms with Crippen molar-refractivity contribution in [3.63, 3.8) is 0 Å². The zero-order chi connectivity index (χ0) is 10.1. The van der Waals surface area contributed by atoms with Crippen LogP contribution in [0.4, 0.5) is 0 Å². The van der Waals surface area contributed by atoms with Gasteiger partial charge in [-0.3, -0.25) is 4.79 Å². The summed E-state index contributed by atoms with van der Waals surface area (Å²) in [5.74, 6) is -0.0582. The fourth-order valence-electron chi connectivity index (χ4n) is 1.21. The van der Waals surface area contributed by atoms with Crippen LogP contribution in [0, 0.1) is 0 Å². The molecule has 0 fully saturated rings. The number of hydrogen-bond acceptors (Lipinski definition) is 1. The third kappa shape index (κ3) is 6.88. The first-order chi connectivity index (χ1) is 6.22. The van der Waals surface area contributed by atoms with Crippen molar-refractivity contribution in [2.24, 2.45) is 0 Å². The number of unbranched alkanes of at least 4 members (excludes halogenated alkanes) is 4. The van der Waals surface area contributed by atoms with Gasteiger partial charge < -0.3 is 5.32 Å². The summed E-state index contributed by atoms with van der Waals surface area (Å²) in [5, 5.41) is 2.20. The van der Waals surface area contributed by atoms with Crippen LogP contribution in [0.5, 0.6) is 0 Å². The minimum absolute atomic E-state index is 0.0582. The molecular formula is C10H20ClNO. The average molecular weight is 206 g/mol. The molecule has 0 saturated carbocycles. The number of halogens is 1. The number of rotatable bonds is 7. The Morgan fingerprint density at radius 2 is 1.92 bits per heavy atom. The van der Waals surface area contributed by atoms with Gasteiger partial charge in [-0.1, -0.05) is 39.0 Å². The Kier molecular flexibility index (Phi) is 8.21. The number of alkyl halides is 1. The number of nitrogens with one attached hydrogen (secondary N) is 1. The molecule has 1 unspecified atom stereocenters. The lowest BCUT2D eigenvalue weighted by molar-refractivity contribution is -0.120. The Hall–Kier alpha value is -0.240. The third-order valence-electron chi connectivity index (χ3n) is 2.09. The van der Waals surface area contributed by atoms with Crippen LogP contribution in [0.3, 0.4) is 0 Å². The van der Waals surface area contributed by atoms with E-state index in [0.29, 0.717) is 0 Å². The summed E-state index contributed by atoms with van der Waals surface area (Å²) in [4.78, 5) is 11.0. The molecule has 0 rings (SSSR count). The van der Waals surface area contributed by atoms with Crippen molar-refractivity contribution in [1.29, 1.82) is 0 Å². The van der Waals surface area contributed by atoms with E-state index in [4.69, 9.17) is 11.6 Å². The molecule has 0 spiro atoms. The van der Waals surface area contributed by atoms with E-state index in [0.717, 1.165) is 12.8 Å². The van der Waals surface area contributed by atoms with E-state index in [9.17, 15) is 4.79 Å². The predicted molar refractivity (Wildman–Crippen MR) is 57.1 cm³/mol. The maximum absolute atomic E-state index is 11.0. The predicted octanol–water partition coefficient (Wildman–Crippen LogP) is 2.70. The van der Waals surface area contributed by atoms with Crippen LogP contribution in [0.2, 0.25) is 0 Å². The monoisotopic (exact) mass is 205 g/mol. The standard InChI is InChI=1S/C10H20ClNO/c1-3-4-5-6-7-8-9(11)10(13)12-2/h9H,3-8H2,1-2H3,(H,12,13). The molecule has 0 bridgehead atoms. The Morgan fingerprint density at radius 1 is 1.31 bits per heavy atom. The zero-order valence-electron chi connectivity index (χ0n) is 8.61. The molecule has 0 aromatic rings. The summed E-state index contributed by atoms with van der Waals surface area (Å²) in [6, 6.07) is 0. The Bertz CT molecular complexity index is 139. The van der Waals surface area contributed by atoms with E-state index in [-0.39, 0.29) is 11.3 Å². The highest BCUT2D eigenvalue weighted by atomic mass is 35.5. The van der Waals surface area contributed by atoms with Crippen molar-refractivity contribution in [1.82, 2.24) is 5.32 Å². The molecule has 0 aliphatic rings. The highest BCUT2D eigenvalue weighted by Crippen LogP contribution is 2.10. The Morgan fingerprint density at radius 3 is 2.46 bits per heavy atom. The number of carbonyl (C=O) groups excluding carboxylic acids is 1. The molecular weight excluding hydrogens is 186 g/mol. The Labute approximate surface area is 86.0 Å². The summed E-state index contributed by atoms with van der Waals surface area (Å²) >= 11 is 5.83. The second kappa shape index (κ2) is 8.36. The number of hydrogen-bond donors (Lipinski definition) is 1. The average Bonchev–Trinajstić information content (AvgIpc) is 2.16. The molecule has 1 N–H and O–H groups in total. The van der Waals surface area contributed by atoms with Crippen LogP contribution in [-0.2, 0) is 4.79 Å². The SMILES string of the molecule is CCCCCCCC(Cl)C(=O)NC. The minimum Gasteiger partial charge on any atom is -0.358 e. The van der Waals surface area contributed by atoms with Gasteiger partial charge in [0.25, 0.3) is 0 Å². The molecule has 1 atom stereocenters. The van der Waals surface area contributed by atoms with Crippen LogP contribution in [-0.4, -0.2) is 18.3 Å². The second-order valence-corrected chi connectivity index (χ2v) is 3.81. The summed E-state index contributed by atoms with van der Waals surface area (Å²) in [6.07, 6.45) is 6.83. The van der Waals surface area contributed by atoms with E-state index >= 15 is 0 Å². The third-order valence-corrected chi connectivity index (χ3v) is 2.51. The Balaban J connectivity index is 3.26. The van der Waals surface area contributed by atoms with Gasteiger partial charge in [0.15, 0.2) is 0 Å². The second-order valence-electron chi connectivity index (χ2n) is 3.28. The fraction of sp³-hybridized carbons (Fsp3) is 0.900. The van der Waals surface area contributed by atoms with Crippen LogP contribution >= 0.6 is 11.6 Å². The van der Waals surface area contributed by atoms with Crippen molar-refractivity contribution in [3.05, 3.63) is 0 Å². The molecule has 0 aromatic carbocycles. The molecule has 0 aliphatic heterocycles. The fourth-order valence-corrected chi connectivity index (χ4v) is 1.48. The molecule has 2 nitrogen and oxygen atoms in total. The quantitative estimate of drug-likeness (QED) is 0.503. The maximum Gasteiger partial charge on any atom is 0.237 e. The first kappa shape index (κ1) is 12.8. The molecule has 0 aromatic heterocycles. The van der Waals surface area contributed by atoms with Gasteiger partial charge in [-0.2, -0.15) is 0 Å². The lowest BCUT2D eigenvalue weighted by Gasteiger charge is -2.06. The largest absolute Gasteiger partial charge is 0.358 e. The van der Waals surface area contributed by atoms with Gasteiger partial charge in [0.1, 0.15) is 5.38 Å². The van der Waals surface area contributed by atoms with Crippen molar-refractivity contribution in [2.45, 2.75) is 50.8 Å². The van der Waals surface area contributed by atoms with Gasteiger partial charge in [-0.25, -0.2) is 0 Å². The molecule has 0 radical (unpaired) electrons. The van der Waals surface area contributed by atoms with Crippen LogP contribution in [0.15, 0.2) is 0 Å². The van der Waals surface area contributed by atoms with Gasteiger partial charge in [0, 0.05) is 7.05 Å². The van der Waals surface area contributed by atoms with E-state index in [1.807, 2.05) is 0 Å². The van der Waals surface area contributed by atoms with Gasteiger partial charge in [-0.05, 0) is 6.42 Å². The number of carbonyl (C=O) groups is 1. The highest BCUT2D eigenvalue weighted by Gasteiger charge is 2.11. The normalized spacial score (nSPS) is 12.5. The lowest BCUT2D eigenvalue weighted by Crippen LogP contribution is -2.27. The summed E-state index contributed by atoms with van der Waals surface area (Å²) in [6.45, 7) is 2.19. The van der Waals surface area contributed by atoms with Crippen LogP contribution in [0.1, 0.15) is 45.4 Å². The minimum atomic E-state index is -0.341. The first-order valence-electron chi connectivity index (χ1n) is 5.08. The molecule has 13 heavy (non-hydrogen) atoms. The summed E-state index contributed by atoms with van der Waals surface area (Å²) < 4.78 is 0. The van der Waals surface area contributed by atoms with E-state index < -0.39 is 0 Å². The van der Waals surface area contributed by atoms with E-state index in [1.54, 1.807) is 7.05 Å². The molecule has 0 aliphatic carbocycles. The van der Waals surface area contributed by atoms with E-state index in [2.05, 4.69) is 12.2 Å². The van der Waals surface area contributed by atoms with Gasteiger partial charge in [0.05, 0.1) is 0 Å². The lowest BCUT2D eigenvalue weighted by atomic mass is 10.1. The molecule has 78 valence electrons. The van der Waals surface area contributed by atoms with Crippen molar-refractivity contribution >= 4 is 17.5 Å². The zero-order valence-corrected chi connectivity index (χ0v) is 9.36. The van der Waals surface area contributed by atoms with Gasteiger partial charge in [-0.15, -0.1) is 11.6 Å². The van der Waals surface area contributed by atoms with Gasteiger partial charge >= 0.3 is 0 Å². The number of amides is 1. The van der Waals surface area contributed by atoms with Crippen LogP contribution < -0.4 is 5.32 Å². The molecule has 0 heterocycles. The van der Waals surface area contributed by atoms with E-state index in [1.165, 1.54) is 25.7 Å². The van der Waals surface area contributed by atoms with Gasteiger partial charge in [0.2, 0.25) is 5.91 Å². The maximum atomic E-state index is 11.0. The first-order valence-corrected chi connectivity index (χ1v) is 5.51. The summed E-state index contributed by atoms with van der Waals surface area (Å²) in [7, 11) is 1.62. The van der Waals surface area contributed by atoms with Crippen molar-refractivity contribution < 1.29 is 4.79 Å². The summed E-state index contributed by atoms with van der Waals surface area (Å²) in [5.41, 5.74) is 0. The van der Waals surface area contributed by atoms with Crippen molar-refractivity contribution in [2.75, 3.05) is 7.05 Å². The topological polar surface area (TPSA) is 29.1 Å². The van der Waals surface area contributed by atoms with Crippen LogP contribution in [0.25, 0.3) is 0 Å². The van der Waals surface area contributed by atoms with Crippen molar-refractivity contribution in [3.8, 4) is 0 Å². The molecule has 1 amide bonds. The molecule has 0 saturated heterocycles. The smallest absolute Gasteiger partial charge is 0.237 e. The highest BCUT2D eigenvalue weighted by molar-refractivity contribution is 6.30. The molecule has 3 heteroatoms.